The van der Waals surface area contributed by atoms with Gasteiger partial charge in [-0.2, -0.15) is 5.26 Å². The maximum Gasteiger partial charge on any atom is 0.131 e. The molecule has 0 radical (unpaired) electrons. The van der Waals surface area contributed by atoms with Gasteiger partial charge >= 0.3 is 0 Å². The predicted molar refractivity (Wildman–Crippen MR) is 66.9 cm³/mol. The fourth-order valence-electron chi connectivity index (χ4n) is 1.43. The van der Waals surface area contributed by atoms with Crippen LogP contribution < -0.4 is 4.74 Å². The lowest BCUT2D eigenvalue weighted by Gasteiger charge is -2.07. The summed E-state index contributed by atoms with van der Waals surface area (Å²) in [5.74, 6) is 0.194. The van der Waals surface area contributed by atoms with E-state index in [9.17, 15) is 4.39 Å². The van der Waals surface area contributed by atoms with Crippen LogP contribution >= 0.6 is 11.6 Å². The second-order valence-electron chi connectivity index (χ2n) is 3.66. The number of hydrogen-bond donors (Lipinski definition) is 0. The van der Waals surface area contributed by atoms with Gasteiger partial charge in [0.05, 0.1) is 11.6 Å². The van der Waals surface area contributed by atoms with Crippen LogP contribution in [0.2, 0.25) is 5.02 Å². The highest BCUT2D eigenvalue weighted by Crippen LogP contribution is 2.18. The molecular formula is C14H9ClFNO. The van der Waals surface area contributed by atoms with Crippen molar-refractivity contribution in [3.8, 4) is 11.8 Å². The van der Waals surface area contributed by atoms with Crippen molar-refractivity contribution in [2.45, 2.75) is 6.61 Å². The van der Waals surface area contributed by atoms with E-state index in [0.29, 0.717) is 21.9 Å². The third-order valence-corrected chi connectivity index (χ3v) is 2.63. The lowest BCUT2D eigenvalue weighted by molar-refractivity contribution is 0.300. The minimum absolute atomic E-state index is 0.120. The Bertz CT molecular complexity index is 590. The molecular weight excluding hydrogens is 253 g/mol. The molecule has 0 aliphatic rings. The maximum absolute atomic E-state index is 13.5. The smallest absolute Gasteiger partial charge is 0.131 e. The van der Waals surface area contributed by atoms with Gasteiger partial charge in [0.2, 0.25) is 0 Å². The van der Waals surface area contributed by atoms with Gasteiger partial charge in [0.15, 0.2) is 0 Å². The van der Waals surface area contributed by atoms with Crippen LogP contribution in [0.15, 0.2) is 42.5 Å². The second-order valence-corrected chi connectivity index (χ2v) is 4.10. The third kappa shape index (κ3) is 2.99. The van der Waals surface area contributed by atoms with Gasteiger partial charge in [-0.3, -0.25) is 0 Å². The van der Waals surface area contributed by atoms with E-state index in [0.717, 1.165) is 0 Å². The fourth-order valence-corrected chi connectivity index (χ4v) is 1.58. The van der Waals surface area contributed by atoms with E-state index in [1.807, 2.05) is 6.07 Å². The van der Waals surface area contributed by atoms with Crippen molar-refractivity contribution in [1.82, 2.24) is 0 Å². The van der Waals surface area contributed by atoms with Gasteiger partial charge in [-0.05, 0) is 36.4 Å². The first-order chi connectivity index (χ1) is 8.69. The van der Waals surface area contributed by atoms with Crippen LogP contribution in [0.3, 0.4) is 0 Å². The molecule has 2 rings (SSSR count). The summed E-state index contributed by atoms with van der Waals surface area (Å²) in [6.07, 6.45) is 0. The number of nitriles is 1. The zero-order valence-corrected chi connectivity index (χ0v) is 10.1. The molecule has 0 spiro atoms. The molecule has 2 nitrogen and oxygen atoms in total. The van der Waals surface area contributed by atoms with E-state index >= 15 is 0 Å². The van der Waals surface area contributed by atoms with E-state index in [2.05, 4.69) is 0 Å². The molecule has 0 bridgehead atoms. The molecule has 0 unspecified atom stereocenters. The first kappa shape index (κ1) is 12.4. The third-order valence-electron chi connectivity index (χ3n) is 2.39. The molecule has 0 aliphatic heterocycles. The molecule has 2 aromatic rings. The van der Waals surface area contributed by atoms with Gasteiger partial charge in [0.1, 0.15) is 18.2 Å². The quantitative estimate of drug-likeness (QED) is 0.839. The minimum atomic E-state index is -0.392. The summed E-state index contributed by atoms with van der Waals surface area (Å²) in [6.45, 7) is 0.120. The Labute approximate surface area is 109 Å². The Kier molecular flexibility index (Phi) is 3.81. The fraction of sp³-hybridized carbons (Fsp3) is 0.0714. The van der Waals surface area contributed by atoms with Crippen LogP contribution in [-0.4, -0.2) is 0 Å². The molecule has 0 fully saturated rings. The normalized spacial score (nSPS) is 9.83. The van der Waals surface area contributed by atoms with Crippen molar-refractivity contribution in [3.63, 3.8) is 0 Å². The van der Waals surface area contributed by atoms with E-state index in [4.69, 9.17) is 21.6 Å². The van der Waals surface area contributed by atoms with Crippen LogP contribution in [0.25, 0.3) is 0 Å². The average molecular weight is 262 g/mol. The number of halogens is 2. The zero-order valence-electron chi connectivity index (χ0n) is 9.36. The molecule has 0 amide bonds. The van der Waals surface area contributed by atoms with Gasteiger partial charge < -0.3 is 4.74 Å². The SMILES string of the molecule is N#Cc1ccc(OCc2ccc(Cl)cc2F)cc1. The molecule has 0 heterocycles. The number of ether oxygens (including phenoxy) is 1. The lowest BCUT2D eigenvalue weighted by atomic mass is 10.2. The highest BCUT2D eigenvalue weighted by molar-refractivity contribution is 6.30. The summed E-state index contributed by atoms with van der Waals surface area (Å²) in [5, 5.41) is 9.00. The second kappa shape index (κ2) is 5.52. The number of hydrogen-bond acceptors (Lipinski definition) is 2. The highest BCUT2D eigenvalue weighted by atomic mass is 35.5. The topological polar surface area (TPSA) is 33.0 Å². The standard InChI is InChI=1S/C14H9ClFNO/c15-12-4-3-11(14(16)7-12)9-18-13-5-1-10(8-17)2-6-13/h1-7H,9H2. The van der Waals surface area contributed by atoms with Gasteiger partial charge in [-0.25, -0.2) is 4.39 Å². The summed E-state index contributed by atoms with van der Waals surface area (Å²) in [4.78, 5) is 0. The molecule has 2 aromatic carbocycles. The minimum Gasteiger partial charge on any atom is -0.489 e. The Morgan fingerprint density at radius 2 is 1.89 bits per heavy atom. The van der Waals surface area contributed by atoms with Crippen molar-refractivity contribution in [3.05, 3.63) is 64.4 Å². The Balaban J connectivity index is 2.04. The molecule has 90 valence electrons. The molecule has 0 aromatic heterocycles. The number of nitrogens with zero attached hydrogens (tertiary/aromatic N) is 1. The first-order valence-corrected chi connectivity index (χ1v) is 5.64. The lowest BCUT2D eigenvalue weighted by Crippen LogP contribution is -1.98. The van der Waals surface area contributed by atoms with E-state index in [-0.39, 0.29) is 6.61 Å². The van der Waals surface area contributed by atoms with Gasteiger partial charge in [0, 0.05) is 10.6 Å². The summed E-state index contributed by atoms with van der Waals surface area (Å²) in [5.41, 5.74) is 0.990. The van der Waals surface area contributed by atoms with Crippen molar-refractivity contribution in [2.24, 2.45) is 0 Å². The Morgan fingerprint density at radius 3 is 2.50 bits per heavy atom. The Morgan fingerprint density at radius 1 is 1.17 bits per heavy atom. The van der Waals surface area contributed by atoms with E-state index < -0.39 is 5.82 Å². The first-order valence-electron chi connectivity index (χ1n) is 5.26. The predicted octanol–water partition coefficient (Wildman–Crippen LogP) is 3.93. The summed E-state index contributed by atoms with van der Waals surface area (Å²) < 4.78 is 18.9. The summed E-state index contributed by atoms with van der Waals surface area (Å²) >= 11 is 5.66. The molecule has 4 heteroatoms. The highest BCUT2D eigenvalue weighted by Gasteiger charge is 2.04. The largest absolute Gasteiger partial charge is 0.489 e. The van der Waals surface area contributed by atoms with Crippen LogP contribution in [0.5, 0.6) is 5.75 Å². The monoisotopic (exact) mass is 261 g/mol. The van der Waals surface area contributed by atoms with Crippen molar-refractivity contribution >= 4 is 11.6 Å². The molecule has 0 N–H and O–H groups in total. The van der Waals surface area contributed by atoms with Crippen molar-refractivity contribution < 1.29 is 9.13 Å². The molecule has 18 heavy (non-hydrogen) atoms. The number of rotatable bonds is 3. The average Bonchev–Trinajstić information content (AvgIpc) is 2.38. The molecule has 0 saturated heterocycles. The van der Waals surface area contributed by atoms with Crippen LogP contribution in [0, 0.1) is 17.1 Å². The van der Waals surface area contributed by atoms with E-state index in [1.165, 1.54) is 6.07 Å². The van der Waals surface area contributed by atoms with Crippen molar-refractivity contribution in [2.75, 3.05) is 0 Å². The van der Waals surface area contributed by atoms with E-state index in [1.54, 1.807) is 36.4 Å². The van der Waals surface area contributed by atoms with Gasteiger partial charge in [0.25, 0.3) is 0 Å². The molecule has 0 atom stereocenters. The van der Waals surface area contributed by atoms with Crippen LogP contribution in [0.1, 0.15) is 11.1 Å². The maximum atomic E-state index is 13.5. The van der Waals surface area contributed by atoms with Crippen molar-refractivity contribution in [1.29, 1.82) is 5.26 Å². The Hall–Kier alpha value is -2.05. The molecule has 0 saturated carbocycles. The van der Waals surface area contributed by atoms with Gasteiger partial charge in [-0.1, -0.05) is 17.7 Å². The summed E-state index contributed by atoms with van der Waals surface area (Å²) in [7, 11) is 0. The molecule has 0 aliphatic carbocycles. The van der Waals surface area contributed by atoms with Gasteiger partial charge in [-0.15, -0.1) is 0 Å². The van der Waals surface area contributed by atoms with Crippen LogP contribution in [0.4, 0.5) is 4.39 Å². The van der Waals surface area contributed by atoms with Crippen LogP contribution in [-0.2, 0) is 6.61 Å². The number of benzene rings is 2. The zero-order chi connectivity index (χ0) is 13.0. The summed E-state index contributed by atoms with van der Waals surface area (Å²) in [6, 6.07) is 13.1.